The Hall–Kier alpha value is -0.120. The van der Waals surface area contributed by atoms with Gasteiger partial charge in [-0.3, -0.25) is 4.90 Å². The highest BCUT2D eigenvalue weighted by atomic mass is 16.5. The fraction of sp³-hybridized carbons (Fsp3) is 1.00. The normalized spacial score (nSPS) is 31.6. The maximum absolute atomic E-state index is 5.60. The van der Waals surface area contributed by atoms with E-state index in [1.807, 2.05) is 0 Å². The number of piperidine rings is 1. The number of likely N-dealkylation sites (tertiary alicyclic amines) is 1. The fourth-order valence-electron chi connectivity index (χ4n) is 3.22. The third kappa shape index (κ3) is 4.23. The van der Waals surface area contributed by atoms with E-state index in [-0.39, 0.29) is 0 Å². The van der Waals surface area contributed by atoms with Crippen molar-refractivity contribution in [3.05, 3.63) is 0 Å². The summed E-state index contributed by atoms with van der Waals surface area (Å²) in [4.78, 5) is 2.74. The van der Waals surface area contributed by atoms with E-state index in [9.17, 15) is 0 Å². The summed E-state index contributed by atoms with van der Waals surface area (Å²) in [5.74, 6) is 0.791. The number of nitrogens with one attached hydrogen (secondary N) is 1. The van der Waals surface area contributed by atoms with E-state index in [1.165, 1.54) is 51.6 Å². The van der Waals surface area contributed by atoms with Crippen LogP contribution in [-0.2, 0) is 4.74 Å². The molecule has 0 saturated carbocycles. The summed E-state index contributed by atoms with van der Waals surface area (Å²) in [6, 6.07) is 0.818. The first kappa shape index (κ1) is 13.3. The van der Waals surface area contributed by atoms with Gasteiger partial charge in [-0.1, -0.05) is 6.42 Å². The lowest BCUT2D eigenvalue weighted by Gasteiger charge is -2.38. The molecule has 2 atom stereocenters. The van der Waals surface area contributed by atoms with Crippen LogP contribution >= 0.6 is 0 Å². The lowest BCUT2D eigenvalue weighted by atomic mass is 9.95. The highest BCUT2D eigenvalue weighted by Crippen LogP contribution is 2.23. The molecule has 0 aromatic carbocycles. The minimum Gasteiger partial charge on any atom is -0.381 e. The Labute approximate surface area is 106 Å². The molecule has 0 bridgehead atoms. The van der Waals surface area contributed by atoms with E-state index in [2.05, 4.69) is 17.3 Å². The van der Waals surface area contributed by atoms with Crippen molar-refractivity contribution in [2.45, 2.75) is 44.6 Å². The summed E-state index contributed by atoms with van der Waals surface area (Å²) in [7, 11) is 2.06. The summed E-state index contributed by atoms with van der Waals surface area (Å²) in [5, 5.41) is 3.29. The molecule has 0 aromatic heterocycles. The third-order valence-corrected chi connectivity index (χ3v) is 4.22. The van der Waals surface area contributed by atoms with Gasteiger partial charge in [0, 0.05) is 19.2 Å². The first-order chi connectivity index (χ1) is 8.40. The van der Waals surface area contributed by atoms with Gasteiger partial charge in [0.2, 0.25) is 0 Å². The molecule has 0 aliphatic carbocycles. The zero-order chi connectivity index (χ0) is 11.9. The smallest absolute Gasteiger partial charge is 0.0506 e. The van der Waals surface area contributed by atoms with Crippen molar-refractivity contribution in [1.82, 2.24) is 10.2 Å². The third-order valence-electron chi connectivity index (χ3n) is 4.22. The second-order valence-corrected chi connectivity index (χ2v) is 5.62. The van der Waals surface area contributed by atoms with Gasteiger partial charge in [-0.25, -0.2) is 0 Å². The Balaban J connectivity index is 1.78. The molecule has 100 valence electrons. The molecule has 2 heterocycles. The number of nitrogens with zero attached hydrogens (tertiary/aromatic N) is 1. The molecule has 0 radical (unpaired) electrons. The summed E-state index contributed by atoms with van der Waals surface area (Å²) >= 11 is 0. The maximum Gasteiger partial charge on any atom is 0.0506 e. The number of hydrogen-bond donors (Lipinski definition) is 1. The van der Waals surface area contributed by atoms with Crippen molar-refractivity contribution < 1.29 is 4.74 Å². The van der Waals surface area contributed by atoms with Gasteiger partial charge in [0.1, 0.15) is 0 Å². The Morgan fingerprint density at radius 1 is 1.24 bits per heavy atom. The van der Waals surface area contributed by atoms with Crippen molar-refractivity contribution in [1.29, 1.82) is 0 Å². The zero-order valence-corrected chi connectivity index (χ0v) is 11.3. The van der Waals surface area contributed by atoms with Crippen molar-refractivity contribution >= 4 is 0 Å². The van der Waals surface area contributed by atoms with Crippen molar-refractivity contribution in [2.24, 2.45) is 5.92 Å². The molecule has 0 spiro atoms. The minimum absolute atomic E-state index is 0.791. The van der Waals surface area contributed by atoms with Gasteiger partial charge >= 0.3 is 0 Å². The predicted molar refractivity (Wildman–Crippen MR) is 71.3 cm³/mol. The highest BCUT2D eigenvalue weighted by Gasteiger charge is 2.25. The SMILES string of the molecule is CNCCC1CCCCN1CC1CCCOC1. The van der Waals surface area contributed by atoms with Gasteiger partial charge in [-0.15, -0.1) is 0 Å². The average Bonchev–Trinajstić information content (AvgIpc) is 2.39. The Kier molecular flexibility index (Phi) is 5.75. The van der Waals surface area contributed by atoms with Crippen molar-refractivity contribution in [2.75, 3.05) is 39.9 Å². The summed E-state index contributed by atoms with van der Waals surface area (Å²) < 4.78 is 5.60. The summed E-state index contributed by atoms with van der Waals surface area (Å²) in [5.41, 5.74) is 0. The standard InChI is InChI=1S/C14H28N2O/c1-15-8-7-14-6-2-3-9-16(14)11-13-5-4-10-17-12-13/h13-15H,2-12H2,1H3. The van der Waals surface area contributed by atoms with Crippen LogP contribution in [0.2, 0.25) is 0 Å². The molecule has 0 aromatic rings. The molecule has 2 unspecified atom stereocenters. The number of hydrogen-bond acceptors (Lipinski definition) is 3. The van der Waals surface area contributed by atoms with Crippen LogP contribution in [0.15, 0.2) is 0 Å². The van der Waals surface area contributed by atoms with Crippen molar-refractivity contribution in [3.8, 4) is 0 Å². The molecule has 2 fully saturated rings. The van der Waals surface area contributed by atoms with Crippen LogP contribution in [0.5, 0.6) is 0 Å². The van der Waals surface area contributed by atoms with E-state index >= 15 is 0 Å². The first-order valence-electron chi connectivity index (χ1n) is 7.36. The second-order valence-electron chi connectivity index (χ2n) is 5.62. The van der Waals surface area contributed by atoms with Crippen LogP contribution < -0.4 is 5.32 Å². The van der Waals surface area contributed by atoms with Crippen LogP contribution in [-0.4, -0.2) is 50.8 Å². The summed E-state index contributed by atoms with van der Waals surface area (Å²) in [6.45, 7) is 5.72. The van der Waals surface area contributed by atoms with E-state index < -0.39 is 0 Å². The van der Waals surface area contributed by atoms with E-state index in [1.54, 1.807) is 0 Å². The maximum atomic E-state index is 5.60. The molecule has 1 N–H and O–H groups in total. The van der Waals surface area contributed by atoms with Crippen molar-refractivity contribution in [3.63, 3.8) is 0 Å². The second kappa shape index (κ2) is 7.34. The Morgan fingerprint density at radius 3 is 2.94 bits per heavy atom. The van der Waals surface area contributed by atoms with Crippen LogP contribution in [0.4, 0.5) is 0 Å². The average molecular weight is 240 g/mol. The quantitative estimate of drug-likeness (QED) is 0.794. The molecule has 3 nitrogen and oxygen atoms in total. The van der Waals surface area contributed by atoms with Gasteiger partial charge < -0.3 is 10.1 Å². The Bertz CT molecular complexity index is 204. The molecule has 3 heteroatoms. The van der Waals surface area contributed by atoms with Crippen LogP contribution in [0.25, 0.3) is 0 Å². The van der Waals surface area contributed by atoms with E-state index in [4.69, 9.17) is 4.74 Å². The Morgan fingerprint density at radius 2 is 2.18 bits per heavy atom. The molecular formula is C14H28N2O. The van der Waals surface area contributed by atoms with E-state index in [0.717, 1.165) is 31.7 Å². The van der Waals surface area contributed by atoms with Crippen LogP contribution in [0.1, 0.15) is 38.5 Å². The summed E-state index contributed by atoms with van der Waals surface area (Å²) in [6.07, 6.45) is 8.16. The highest BCUT2D eigenvalue weighted by molar-refractivity contribution is 4.80. The monoisotopic (exact) mass is 240 g/mol. The topological polar surface area (TPSA) is 24.5 Å². The van der Waals surface area contributed by atoms with Gasteiger partial charge in [0.25, 0.3) is 0 Å². The number of rotatable bonds is 5. The van der Waals surface area contributed by atoms with Crippen LogP contribution in [0, 0.1) is 5.92 Å². The van der Waals surface area contributed by atoms with Gasteiger partial charge in [-0.2, -0.15) is 0 Å². The van der Waals surface area contributed by atoms with Crippen LogP contribution in [0.3, 0.4) is 0 Å². The molecule has 17 heavy (non-hydrogen) atoms. The fourth-order valence-corrected chi connectivity index (χ4v) is 3.22. The molecule has 2 rings (SSSR count). The van der Waals surface area contributed by atoms with Gasteiger partial charge in [0.15, 0.2) is 0 Å². The molecule has 2 aliphatic heterocycles. The number of ether oxygens (including phenoxy) is 1. The van der Waals surface area contributed by atoms with E-state index in [0.29, 0.717) is 0 Å². The minimum atomic E-state index is 0.791. The lowest BCUT2D eigenvalue weighted by molar-refractivity contribution is 0.0234. The molecule has 2 saturated heterocycles. The van der Waals surface area contributed by atoms with Gasteiger partial charge in [0.05, 0.1) is 6.61 Å². The largest absolute Gasteiger partial charge is 0.381 e. The first-order valence-corrected chi connectivity index (χ1v) is 7.36. The lowest BCUT2D eigenvalue weighted by Crippen LogP contribution is -2.44. The molecule has 2 aliphatic rings. The molecule has 0 amide bonds. The predicted octanol–water partition coefficient (Wildman–Crippen LogP) is 1.88. The molecular weight excluding hydrogens is 212 g/mol. The zero-order valence-electron chi connectivity index (χ0n) is 11.3. The van der Waals surface area contributed by atoms with Gasteiger partial charge in [-0.05, 0) is 58.2 Å².